The average Bonchev–Trinajstić information content (AvgIpc) is 2.89. The van der Waals surface area contributed by atoms with E-state index in [0.717, 1.165) is 21.3 Å². The van der Waals surface area contributed by atoms with Crippen LogP contribution in [0.3, 0.4) is 0 Å². The van der Waals surface area contributed by atoms with Crippen molar-refractivity contribution in [2.75, 3.05) is 7.11 Å². The molecule has 0 fully saturated rings. The lowest BCUT2D eigenvalue weighted by Crippen LogP contribution is -1.99. The number of hydrogen-bond donors (Lipinski definition) is 0. The fourth-order valence-corrected chi connectivity index (χ4v) is 2.28. The molecule has 1 aromatic heterocycles. The van der Waals surface area contributed by atoms with E-state index in [4.69, 9.17) is 4.74 Å². The Morgan fingerprint density at radius 1 is 1.37 bits per heavy atom. The van der Waals surface area contributed by atoms with E-state index >= 15 is 0 Å². The van der Waals surface area contributed by atoms with Crippen molar-refractivity contribution in [1.82, 2.24) is 4.57 Å². The fraction of sp³-hybridized carbons (Fsp3) is 0.267. The second-order valence-electron chi connectivity index (χ2n) is 4.31. The molecule has 0 aliphatic carbocycles. The summed E-state index contributed by atoms with van der Waals surface area (Å²) in [6.45, 7) is 2.58. The third-order valence-corrected chi connectivity index (χ3v) is 3.77. The van der Waals surface area contributed by atoms with Gasteiger partial charge < -0.3 is 9.30 Å². The SMILES string of the molecule is CCC(=O)c1ccn(Cc2cc(OC)ccc2Br)c1. The van der Waals surface area contributed by atoms with Gasteiger partial charge in [0.1, 0.15) is 5.75 Å². The first-order valence-corrected chi connectivity index (χ1v) is 6.94. The lowest BCUT2D eigenvalue weighted by molar-refractivity contribution is 0.0988. The zero-order valence-corrected chi connectivity index (χ0v) is 12.6. The minimum Gasteiger partial charge on any atom is -0.497 e. The molecule has 0 unspecified atom stereocenters. The van der Waals surface area contributed by atoms with Crippen LogP contribution in [0, 0.1) is 0 Å². The molecule has 1 aromatic carbocycles. The largest absolute Gasteiger partial charge is 0.497 e. The molecule has 0 aliphatic heterocycles. The van der Waals surface area contributed by atoms with Crippen molar-refractivity contribution in [2.45, 2.75) is 19.9 Å². The Labute approximate surface area is 121 Å². The van der Waals surface area contributed by atoms with Gasteiger partial charge in [-0.25, -0.2) is 0 Å². The van der Waals surface area contributed by atoms with Crippen molar-refractivity contribution in [3.8, 4) is 5.75 Å². The van der Waals surface area contributed by atoms with Gasteiger partial charge in [0, 0.05) is 35.4 Å². The summed E-state index contributed by atoms with van der Waals surface area (Å²) in [6.07, 6.45) is 4.35. The molecule has 3 nitrogen and oxygen atoms in total. The van der Waals surface area contributed by atoms with E-state index in [9.17, 15) is 4.79 Å². The minimum atomic E-state index is 0.170. The van der Waals surface area contributed by atoms with Gasteiger partial charge in [0.25, 0.3) is 0 Å². The topological polar surface area (TPSA) is 31.2 Å². The number of halogens is 1. The first kappa shape index (κ1) is 13.9. The highest BCUT2D eigenvalue weighted by Crippen LogP contribution is 2.23. The summed E-state index contributed by atoms with van der Waals surface area (Å²) in [7, 11) is 1.65. The fourth-order valence-electron chi connectivity index (χ4n) is 1.90. The third kappa shape index (κ3) is 3.26. The Morgan fingerprint density at radius 3 is 2.84 bits per heavy atom. The lowest BCUT2D eigenvalue weighted by atomic mass is 10.2. The predicted molar refractivity (Wildman–Crippen MR) is 78.8 cm³/mol. The molecular formula is C15H16BrNO2. The Bertz CT molecular complexity index is 590. The van der Waals surface area contributed by atoms with E-state index in [0.29, 0.717) is 13.0 Å². The van der Waals surface area contributed by atoms with E-state index < -0.39 is 0 Å². The van der Waals surface area contributed by atoms with Gasteiger partial charge in [-0.2, -0.15) is 0 Å². The van der Waals surface area contributed by atoms with E-state index in [2.05, 4.69) is 15.9 Å². The van der Waals surface area contributed by atoms with Crippen molar-refractivity contribution in [2.24, 2.45) is 0 Å². The first-order chi connectivity index (χ1) is 9.13. The number of benzene rings is 1. The maximum absolute atomic E-state index is 11.6. The number of Topliss-reactive ketones (excluding diaryl/α,β-unsaturated/α-hetero) is 1. The van der Waals surface area contributed by atoms with Crippen LogP contribution >= 0.6 is 15.9 Å². The average molecular weight is 322 g/mol. The van der Waals surface area contributed by atoms with Crippen LogP contribution in [0.25, 0.3) is 0 Å². The van der Waals surface area contributed by atoms with Gasteiger partial charge >= 0.3 is 0 Å². The molecule has 0 aliphatic rings. The van der Waals surface area contributed by atoms with Crippen LogP contribution in [0.5, 0.6) is 5.75 Å². The molecular weight excluding hydrogens is 306 g/mol. The molecule has 0 radical (unpaired) electrons. The number of methoxy groups -OCH3 is 1. The van der Waals surface area contributed by atoms with Crippen molar-refractivity contribution in [3.05, 3.63) is 52.3 Å². The summed E-state index contributed by atoms with van der Waals surface area (Å²) in [4.78, 5) is 11.6. The van der Waals surface area contributed by atoms with Crippen LogP contribution in [0.15, 0.2) is 41.1 Å². The molecule has 1 heterocycles. The van der Waals surface area contributed by atoms with Crippen LogP contribution in [0.1, 0.15) is 29.3 Å². The van der Waals surface area contributed by atoms with Gasteiger partial charge in [-0.15, -0.1) is 0 Å². The molecule has 0 bridgehead atoms. The van der Waals surface area contributed by atoms with Crippen molar-refractivity contribution < 1.29 is 9.53 Å². The molecule has 2 aromatic rings. The summed E-state index contributed by atoms with van der Waals surface area (Å²) in [5.74, 6) is 0.999. The number of nitrogens with zero attached hydrogens (tertiary/aromatic N) is 1. The molecule has 0 N–H and O–H groups in total. The van der Waals surface area contributed by atoms with Crippen LogP contribution in [0.2, 0.25) is 0 Å². The smallest absolute Gasteiger partial charge is 0.164 e. The number of ether oxygens (including phenoxy) is 1. The predicted octanol–water partition coefficient (Wildman–Crippen LogP) is 3.90. The van der Waals surface area contributed by atoms with Crippen molar-refractivity contribution >= 4 is 21.7 Å². The Hall–Kier alpha value is -1.55. The third-order valence-electron chi connectivity index (χ3n) is 3.00. The Balaban J connectivity index is 2.21. The molecule has 19 heavy (non-hydrogen) atoms. The quantitative estimate of drug-likeness (QED) is 0.782. The lowest BCUT2D eigenvalue weighted by Gasteiger charge is -2.08. The summed E-state index contributed by atoms with van der Waals surface area (Å²) >= 11 is 3.53. The van der Waals surface area contributed by atoms with Crippen LogP contribution < -0.4 is 4.74 Å². The van der Waals surface area contributed by atoms with Crippen molar-refractivity contribution in [1.29, 1.82) is 0 Å². The summed E-state index contributed by atoms with van der Waals surface area (Å²) in [5.41, 5.74) is 1.88. The van der Waals surface area contributed by atoms with Gasteiger partial charge in [0.15, 0.2) is 5.78 Å². The standard InChI is InChI=1S/C15H16BrNO2/c1-3-15(18)11-6-7-17(9-11)10-12-8-13(19-2)4-5-14(12)16/h4-9H,3,10H2,1-2H3. The first-order valence-electron chi connectivity index (χ1n) is 6.15. The molecule has 0 spiro atoms. The molecule has 0 saturated heterocycles. The van der Waals surface area contributed by atoms with Gasteiger partial charge in [0.2, 0.25) is 0 Å². The van der Waals surface area contributed by atoms with Gasteiger partial charge in [-0.05, 0) is 29.8 Å². The number of carbonyl (C=O) groups excluding carboxylic acids is 1. The monoisotopic (exact) mass is 321 g/mol. The molecule has 0 atom stereocenters. The van der Waals surface area contributed by atoms with E-state index in [1.807, 2.05) is 48.1 Å². The van der Waals surface area contributed by atoms with E-state index in [-0.39, 0.29) is 5.78 Å². The molecule has 0 amide bonds. The van der Waals surface area contributed by atoms with E-state index in [1.165, 1.54) is 0 Å². The number of aromatic nitrogens is 1. The molecule has 100 valence electrons. The van der Waals surface area contributed by atoms with Crippen LogP contribution in [0.4, 0.5) is 0 Å². The normalized spacial score (nSPS) is 10.5. The highest BCUT2D eigenvalue weighted by Gasteiger charge is 2.07. The highest BCUT2D eigenvalue weighted by molar-refractivity contribution is 9.10. The maximum atomic E-state index is 11.6. The van der Waals surface area contributed by atoms with Crippen LogP contribution in [-0.2, 0) is 6.54 Å². The maximum Gasteiger partial charge on any atom is 0.164 e. The molecule has 2 rings (SSSR count). The Kier molecular flexibility index (Phi) is 4.43. The van der Waals surface area contributed by atoms with Crippen molar-refractivity contribution in [3.63, 3.8) is 0 Å². The van der Waals surface area contributed by atoms with Crippen LogP contribution in [-0.4, -0.2) is 17.5 Å². The second-order valence-corrected chi connectivity index (χ2v) is 5.16. The number of hydrogen-bond acceptors (Lipinski definition) is 2. The summed E-state index contributed by atoms with van der Waals surface area (Å²) < 4.78 is 8.26. The van der Waals surface area contributed by atoms with E-state index in [1.54, 1.807) is 7.11 Å². The van der Waals surface area contributed by atoms with Gasteiger partial charge in [-0.3, -0.25) is 4.79 Å². The van der Waals surface area contributed by atoms with Gasteiger partial charge in [0.05, 0.1) is 7.11 Å². The Morgan fingerprint density at radius 2 is 2.16 bits per heavy atom. The summed E-state index contributed by atoms with van der Waals surface area (Å²) in [5, 5.41) is 0. The zero-order valence-electron chi connectivity index (χ0n) is 11.0. The number of carbonyl (C=O) groups is 1. The molecule has 4 heteroatoms. The minimum absolute atomic E-state index is 0.170. The highest BCUT2D eigenvalue weighted by atomic mass is 79.9. The number of rotatable bonds is 5. The summed E-state index contributed by atoms with van der Waals surface area (Å²) in [6, 6.07) is 7.73. The second kappa shape index (κ2) is 6.06. The van der Waals surface area contributed by atoms with Gasteiger partial charge in [-0.1, -0.05) is 22.9 Å². The zero-order chi connectivity index (χ0) is 13.8. The number of ketones is 1. The molecule has 0 saturated carbocycles.